The lowest BCUT2D eigenvalue weighted by Crippen LogP contribution is -2.50. The lowest BCUT2D eigenvalue weighted by atomic mass is 9.49. The number of aryl methyl sites for hydroxylation is 1. The number of carbonyl (C=O) groups is 3. The van der Waals surface area contributed by atoms with Gasteiger partial charge in [-0.2, -0.15) is 5.10 Å². The number of anilines is 3. The number of carbonyl (C=O) groups excluding carboxylic acids is 3. The van der Waals surface area contributed by atoms with E-state index in [2.05, 4.69) is 31.2 Å². The van der Waals surface area contributed by atoms with Gasteiger partial charge in [0, 0.05) is 37.7 Å². The fourth-order valence-electron chi connectivity index (χ4n) is 4.77. The van der Waals surface area contributed by atoms with Gasteiger partial charge < -0.3 is 25.6 Å². The Morgan fingerprint density at radius 3 is 2.44 bits per heavy atom. The lowest BCUT2D eigenvalue weighted by Gasteiger charge is -2.22. The van der Waals surface area contributed by atoms with E-state index in [9.17, 15) is 14.4 Å². The largest absolute Gasteiger partial charge is 0.494 e. The Labute approximate surface area is 241 Å². The standard InChI is InChI=1S/C26H33B3N8O4/c1-36-19(25(40)37-10-3-4-11-37)12-17(35-36)15-6-5-7-16(22(15)41-2)30-18-13-20(31-23(38)14-8-9-14)33-34-21(18)24(39)32-26(27,28)29/h5-7,12-14H,3-4,8-11,27-29H2,1-2H3,(H,32,39)(H2,30,31,33,38). The van der Waals surface area contributed by atoms with Crippen molar-refractivity contribution in [3.05, 3.63) is 41.7 Å². The number of para-hydroxylation sites is 1. The summed E-state index contributed by atoms with van der Waals surface area (Å²) >= 11 is 0. The van der Waals surface area contributed by atoms with E-state index in [1.54, 1.807) is 37.0 Å². The van der Waals surface area contributed by atoms with Crippen LogP contribution in [0.3, 0.4) is 0 Å². The van der Waals surface area contributed by atoms with Crippen molar-refractivity contribution in [1.82, 2.24) is 30.2 Å². The number of aromatic nitrogens is 4. The van der Waals surface area contributed by atoms with Gasteiger partial charge in [-0.05, 0) is 49.1 Å². The summed E-state index contributed by atoms with van der Waals surface area (Å²) < 4.78 is 7.40. The van der Waals surface area contributed by atoms with E-state index in [-0.39, 0.29) is 29.2 Å². The van der Waals surface area contributed by atoms with E-state index in [0.717, 1.165) is 38.8 Å². The van der Waals surface area contributed by atoms with Crippen molar-refractivity contribution < 1.29 is 19.1 Å². The molecule has 3 aromatic rings. The van der Waals surface area contributed by atoms with Gasteiger partial charge in [0.25, 0.3) is 11.8 Å². The Bertz CT molecular complexity index is 1500. The predicted octanol–water partition coefficient (Wildman–Crippen LogP) is -0.546. The number of hydrogen-bond donors (Lipinski definition) is 3. The van der Waals surface area contributed by atoms with Crippen molar-refractivity contribution in [2.24, 2.45) is 13.0 Å². The first kappa shape index (κ1) is 28.3. The first-order chi connectivity index (χ1) is 19.5. The SMILES string of the molecule is BC(B)(B)NC(=O)c1nnc(NC(=O)C2CC2)cc1Nc1cccc(-c2cc(C(=O)N3CCCC3)n(C)n2)c1OC. The number of ether oxygens (including phenoxy) is 1. The van der Waals surface area contributed by atoms with E-state index in [4.69, 9.17) is 4.74 Å². The molecule has 1 aliphatic heterocycles. The van der Waals surface area contributed by atoms with Gasteiger partial charge in [0.15, 0.2) is 17.3 Å². The molecule has 1 saturated carbocycles. The first-order valence-electron chi connectivity index (χ1n) is 13.8. The maximum absolute atomic E-state index is 13.2. The summed E-state index contributed by atoms with van der Waals surface area (Å²) in [6.07, 6.45) is 3.70. The molecule has 2 fully saturated rings. The smallest absolute Gasteiger partial charge is 0.272 e. The molecule has 0 atom stereocenters. The molecule has 41 heavy (non-hydrogen) atoms. The normalized spacial score (nSPS) is 14.9. The van der Waals surface area contributed by atoms with Crippen molar-refractivity contribution >= 4 is 58.5 Å². The molecule has 1 aromatic carbocycles. The van der Waals surface area contributed by atoms with Crippen LogP contribution in [0.25, 0.3) is 11.3 Å². The number of amides is 3. The zero-order valence-electron chi connectivity index (χ0n) is 24.1. The molecule has 12 nitrogen and oxygen atoms in total. The second kappa shape index (κ2) is 11.3. The summed E-state index contributed by atoms with van der Waals surface area (Å²) in [4.78, 5) is 40.5. The van der Waals surface area contributed by atoms with Crippen molar-refractivity contribution in [2.75, 3.05) is 30.8 Å². The van der Waals surface area contributed by atoms with Crippen LogP contribution in [0.1, 0.15) is 46.7 Å². The van der Waals surface area contributed by atoms with Gasteiger partial charge >= 0.3 is 0 Å². The highest BCUT2D eigenvalue weighted by atomic mass is 16.5. The first-order valence-corrected chi connectivity index (χ1v) is 13.8. The zero-order valence-corrected chi connectivity index (χ0v) is 24.1. The van der Waals surface area contributed by atoms with E-state index >= 15 is 0 Å². The second-order valence-electron chi connectivity index (χ2n) is 11.5. The Hall–Kier alpha value is -4.29. The monoisotopic (exact) mass is 554 g/mol. The Morgan fingerprint density at radius 1 is 1.05 bits per heavy atom. The van der Waals surface area contributed by atoms with Gasteiger partial charge in [-0.1, -0.05) is 6.07 Å². The Kier molecular flexibility index (Phi) is 7.79. The average Bonchev–Trinajstić information content (AvgIpc) is 3.49. The Morgan fingerprint density at radius 2 is 1.78 bits per heavy atom. The van der Waals surface area contributed by atoms with Gasteiger partial charge in [-0.3, -0.25) is 19.1 Å². The van der Waals surface area contributed by atoms with Crippen LogP contribution in [0.4, 0.5) is 17.2 Å². The van der Waals surface area contributed by atoms with Crippen LogP contribution in [0.5, 0.6) is 5.75 Å². The van der Waals surface area contributed by atoms with Gasteiger partial charge in [0.1, 0.15) is 29.2 Å². The number of likely N-dealkylation sites (tertiary alicyclic amines) is 1. The second-order valence-corrected chi connectivity index (χ2v) is 11.5. The molecule has 5 rings (SSSR count). The molecule has 2 aliphatic rings. The molecule has 2 aromatic heterocycles. The Balaban J connectivity index is 1.49. The van der Waals surface area contributed by atoms with E-state index in [0.29, 0.717) is 34.1 Å². The van der Waals surface area contributed by atoms with Gasteiger partial charge in [0.2, 0.25) is 5.91 Å². The maximum atomic E-state index is 13.2. The summed E-state index contributed by atoms with van der Waals surface area (Å²) in [6.45, 7) is 1.49. The molecule has 0 radical (unpaired) electrons. The number of nitrogens with zero attached hydrogens (tertiary/aromatic N) is 5. The number of benzene rings is 1. The highest BCUT2D eigenvalue weighted by molar-refractivity contribution is 6.60. The predicted molar refractivity (Wildman–Crippen MR) is 163 cm³/mol. The lowest BCUT2D eigenvalue weighted by molar-refractivity contribution is -0.117. The highest BCUT2D eigenvalue weighted by Crippen LogP contribution is 2.38. The summed E-state index contributed by atoms with van der Waals surface area (Å²) in [5.41, 5.74) is 2.69. The van der Waals surface area contributed by atoms with Crippen LogP contribution in [0, 0.1) is 5.92 Å². The average molecular weight is 554 g/mol. The van der Waals surface area contributed by atoms with Crippen LogP contribution in [-0.4, -0.2) is 91.6 Å². The minimum absolute atomic E-state index is 0.0190. The third kappa shape index (κ3) is 6.39. The molecule has 15 heteroatoms. The van der Waals surface area contributed by atoms with Crippen molar-refractivity contribution in [2.45, 2.75) is 30.9 Å². The highest BCUT2D eigenvalue weighted by Gasteiger charge is 2.30. The number of rotatable bonds is 9. The summed E-state index contributed by atoms with van der Waals surface area (Å²) in [7, 11) is 8.91. The molecule has 0 bridgehead atoms. The topological polar surface area (TPSA) is 143 Å². The number of methoxy groups -OCH3 is 1. The van der Waals surface area contributed by atoms with Crippen LogP contribution in [0.2, 0.25) is 0 Å². The van der Waals surface area contributed by atoms with Gasteiger partial charge in [0.05, 0.1) is 24.2 Å². The van der Waals surface area contributed by atoms with Crippen LogP contribution < -0.4 is 20.7 Å². The molecular weight excluding hydrogens is 521 g/mol. The summed E-state index contributed by atoms with van der Waals surface area (Å²) in [5, 5.41) is 21.3. The van der Waals surface area contributed by atoms with Crippen molar-refractivity contribution in [3.63, 3.8) is 0 Å². The quantitative estimate of drug-likeness (QED) is 0.300. The fourth-order valence-corrected chi connectivity index (χ4v) is 4.77. The molecule has 0 spiro atoms. The molecule has 1 aliphatic carbocycles. The molecular formula is C26H33B3N8O4. The molecule has 0 unspecified atom stereocenters. The van der Waals surface area contributed by atoms with Crippen LogP contribution in [-0.2, 0) is 11.8 Å². The molecule has 3 N–H and O–H groups in total. The fraction of sp³-hybridized carbons (Fsp3) is 0.385. The third-order valence-corrected chi connectivity index (χ3v) is 6.95. The van der Waals surface area contributed by atoms with Crippen molar-refractivity contribution in [1.29, 1.82) is 0 Å². The summed E-state index contributed by atoms with van der Waals surface area (Å²) in [6, 6.07) is 8.84. The molecule has 3 heterocycles. The minimum atomic E-state index is -0.504. The minimum Gasteiger partial charge on any atom is -0.494 e. The zero-order chi connectivity index (χ0) is 29.3. The maximum Gasteiger partial charge on any atom is 0.272 e. The van der Waals surface area contributed by atoms with Gasteiger partial charge in [-0.15, -0.1) is 10.2 Å². The van der Waals surface area contributed by atoms with Crippen molar-refractivity contribution in [3.8, 4) is 17.0 Å². The number of nitrogens with one attached hydrogen (secondary N) is 3. The van der Waals surface area contributed by atoms with E-state index < -0.39 is 11.1 Å². The van der Waals surface area contributed by atoms with Gasteiger partial charge in [-0.25, -0.2) is 0 Å². The van der Waals surface area contributed by atoms with Crippen LogP contribution >= 0.6 is 0 Å². The molecule has 210 valence electrons. The molecule has 3 amide bonds. The third-order valence-electron chi connectivity index (χ3n) is 6.95. The van der Waals surface area contributed by atoms with Crippen LogP contribution in [0.15, 0.2) is 30.3 Å². The molecule has 1 saturated heterocycles. The van der Waals surface area contributed by atoms with E-state index in [1.165, 1.54) is 0 Å². The van der Waals surface area contributed by atoms with E-state index in [1.807, 2.05) is 40.6 Å². The number of hydrogen-bond acceptors (Lipinski definition) is 8. The summed E-state index contributed by atoms with van der Waals surface area (Å²) in [5.74, 6) is 0.100.